The summed E-state index contributed by atoms with van der Waals surface area (Å²) in [5, 5.41) is 16.4. The minimum absolute atomic E-state index is 0.00526. The van der Waals surface area contributed by atoms with E-state index < -0.39 is 35.6 Å². The van der Waals surface area contributed by atoms with Crippen molar-refractivity contribution in [2.24, 2.45) is 0 Å². The first-order chi connectivity index (χ1) is 15.7. The molecule has 1 amide bonds. The summed E-state index contributed by atoms with van der Waals surface area (Å²) < 4.78 is 52.7. The maximum atomic E-state index is 14.0. The molecule has 4 nitrogen and oxygen atoms in total. The molecule has 0 radical (unpaired) electrons. The van der Waals surface area contributed by atoms with Gasteiger partial charge in [-0.15, -0.1) is 0 Å². The Morgan fingerprint density at radius 1 is 0.909 bits per heavy atom. The van der Waals surface area contributed by atoms with E-state index >= 15 is 0 Å². The second kappa shape index (κ2) is 11.1. The first kappa shape index (κ1) is 24.4. The SMILES string of the molecule is O=C(N[C@@H](Cc1ccccc1)[C@@H](O)CNCc1cccc(C(F)(F)F)c1)c1ccccc1F. The molecule has 0 unspecified atom stereocenters. The van der Waals surface area contributed by atoms with E-state index in [0.29, 0.717) is 5.56 Å². The monoisotopic (exact) mass is 460 g/mol. The standard InChI is InChI=1S/C25H24F4N2O2/c26-21-12-5-4-11-20(21)24(33)31-22(14-17-7-2-1-3-8-17)23(32)16-30-15-18-9-6-10-19(13-18)25(27,28)29/h1-13,22-23,30,32H,14-16H2,(H,31,33)/t22-,23-/m0/s1. The van der Waals surface area contributed by atoms with Crippen molar-refractivity contribution in [2.75, 3.05) is 6.54 Å². The van der Waals surface area contributed by atoms with Gasteiger partial charge >= 0.3 is 6.18 Å². The van der Waals surface area contributed by atoms with Crippen LogP contribution in [0, 0.1) is 5.82 Å². The number of benzene rings is 3. The number of amides is 1. The molecule has 3 N–H and O–H groups in total. The van der Waals surface area contributed by atoms with Gasteiger partial charge in [-0.25, -0.2) is 4.39 Å². The number of rotatable bonds is 9. The Morgan fingerprint density at radius 2 is 1.58 bits per heavy atom. The zero-order valence-corrected chi connectivity index (χ0v) is 17.6. The lowest BCUT2D eigenvalue weighted by Gasteiger charge is -2.25. The summed E-state index contributed by atoms with van der Waals surface area (Å²) in [6, 6.07) is 18.8. The van der Waals surface area contributed by atoms with E-state index in [4.69, 9.17) is 0 Å². The molecule has 3 aromatic carbocycles. The molecule has 0 saturated carbocycles. The van der Waals surface area contributed by atoms with Crippen LogP contribution in [0.15, 0.2) is 78.9 Å². The van der Waals surface area contributed by atoms with Gasteiger partial charge < -0.3 is 15.7 Å². The van der Waals surface area contributed by atoms with Gasteiger partial charge in [-0.2, -0.15) is 13.2 Å². The van der Waals surface area contributed by atoms with Gasteiger partial charge in [0.05, 0.1) is 23.3 Å². The highest BCUT2D eigenvalue weighted by Crippen LogP contribution is 2.29. The third kappa shape index (κ3) is 7.13. The predicted octanol–water partition coefficient (Wildman–Crippen LogP) is 4.34. The molecule has 0 aliphatic carbocycles. The molecule has 8 heteroatoms. The highest BCUT2D eigenvalue weighted by Gasteiger charge is 2.30. The van der Waals surface area contributed by atoms with E-state index in [1.807, 2.05) is 30.3 Å². The van der Waals surface area contributed by atoms with E-state index in [-0.39, 0.29) is 25.1 Å². The van der Waals surface area contributed by atoms with Gasteiger partial charge in [-0.1, -0.05) is 60.7 Å². The molecule has 0 spiro atoms. The maximum Gasteiger partial charge on any atom is 0.416 e. The zero-order valence-electron chi connectivity index (χ0n) is 17.6. The number of hydrogen-bond acceptors (Lipinski definition) is 3. The Hall–Kier alpha value is -3.23. The van der Waals surface area contributed by atoms with Crippen molar-refractivity contribution < 1.29 is 27.5 Å². The van der Waals surface area contributed by atoms with Crippen molar-refractivity contribution in [3.05, 3.63) is 107 Å². The van der Waals surface area contributed by atoms with Crippen molar-refractivity contribution in [1.29, 1.82) is 0 Å². The predicted molar refractivity (Wildman–Crippen MR) is 117 cm³/mol. The van der Waals surface area contributed by atoms with Crippen LogP contribution in [0.1, 0.15) is 27.0 Å². The fourth-order valence-electron chi connectivity index (χ4n) is 3.41. The molecular formula is C25H24F4N2O2. The maximum absolute atomic E-state index is 14.0. The molecule has 0 aliphatic heterocycles. The van der Waals surface area contributed by atoms with Crippen LogP contribution in [0.25, 0.3) is 0 Å². The highest BCUT2D eigenvalue weighted by molar-refractivity contribution is 5.94. The Balaban J connectivity index is 1.66. The zero-order chi connectivity index (χ0) is 23.8. The first-order valence-corrected chi connectivity index (χ1v) is 10.4. The quantitative estimate of drug-likeness (QED) is 0.417. The van der Waals surface area contributed by atoms with Crippen LogP contribution in [-0.2, 0) is 19.1 Å². The Bertz CT molecular complexity index is 1060. The molecule has 0 heterocycles. The third-order valence-electron chi connectivity index (χ3n) is 5.13. The number of alkyl halides is 3. The van der Waals surface area contributed by atoms with Gasteiger partial charge in [0.15, 0.2) is 0 Å². The topological polar surface area (TPSA) is 61.4 Å². The van der Waals surface area contributed by atoms with Gasteiger partial charge in [0.2, 0.25) is 0 Å². The number of aliphatic hydroxyl groups is 1. The molecule has 174 valence electrons. The normalized spacial score (nSPS) is 13.4. The second-order valence-corrected chi connectivity index (χ2v) is 7.65. The molecular weight excluding hydrogens is 436 g/mol. The van der Waals surface area contributed by atoms with Crippen molar-refractivity contribution in [1.82, 2.24) is 10.6 Å². The number of carbonyl (C=O) groups excluding carboxylic acids is 1. The van der Waals surface area contributed by atoms with E-state index in [2.05, 4.69) is 10.6 Å². The van der Waals surface area contributed by atoms with Crippen molar-refractivity contribution in [3.63, 3.8) is 0 Å². The van der Waals surface area contributed by atoms with Gasteiger partial charge in [0.1, 0.15) is 5.82 Å². The molecule has 0 bridgehead atoms. The molecule has 3 rings (SSSR count). The summed E-state index contributed by atoms with van der Waals surface area (Å²) in [5.74, 6) is -1.34. The summed E-state index contributed by atoms with van der Waals surface area (Å²) in [6.45, 7) is 0.103. The average molecular weight is 460 g/mol. The molecule has 0 aromatic heterocycles. The largest absolute Gasteiger partial charge is 0.416 e. The van der Waals surface area contributed by atoms with Crippen LogP contribution in [0.2, 0.25) is 0 Å². The molecule has 0 aliphatic rings. The lowest BCUT2D eigenvalue weighted by Crippen LogP contribution is -2.48. The Morgan fingerprint density at radius 3 is 2.27 bits per heavy atom. The number of hydrogen-bond donors (Lipinski definition) is 3. The molecule has 0 saturated heterocycles. The summed E-state index contributed by atoms with van der Waals surface area (Å²) in [7, 11) is 0. The molecule has 2 atom stereocenters. The number of aliphatic hydroxyl groups excluding tert-OH is 1. The highest BCUT2D eigenvalue weighted by atomic mass is 19.4. The van der Waals surface area contributed by atoms with E-state index in [1.54, 1.807) is 6.07 Å². The number of nitrogens with one attached hydrogen (secondary N) is 2. The van der Waals surface area contributed by atoms with Crippen LogP contribution in [0.5, 0.6) is 0 Å². The molecule has 0 fully saturated rings. The van der Waals surface area contributed by atoms with Gasteiger partial charge in [0.25, 0.3) is 5.91 Å². The lowest BCUT2D eigenvalue weighted by atomic mass is 10.00. The summed E-state index contributed by atoms with van der Waals surface area (Å²) in [4.78, 5) is 12.6. The van der Waals surface area contributed by atoms with Gasteiger partial charge in [-0.05, 0) is 35.7 Å². The average Bonchev–Trinajstić information content (AvgIpc) is 2.79. The third-order valence-corrected chi connectivity index (χ3v) is 5.13. The lowest BCUT2D eigenvalue weighted by molar-refractivity contribution is -0.137. The first-order valence-electron chi connectivity index (χ1n) is 10.4. The minimum Gasteiger partial charge on any atom is -0.390 e. The van der Waals surface area contributed by atoms with Gasteiger partial charge in [-0.3, -0.25) is 4.79 Å². The van der Waals surface area contributed by atoms with Crippen LogP contribution in [0.4, 0.5) is 17.6 Å². The summed E-state index contributed by atoms with van der Waals surface area (Å²) in [6.07, 6.45) is -5.23. The minimum atomic E-state index is -4.44. The molecule has 33 heavy (non-hydrogen) atoms. The van der Waals surface area contributed by atoms with Crippen LogP contribution in [0.3, 0.4) is 0 Å². The van der Waals surface area contributed by atoms with Crippen molar-refractivity contribution >= 4 is 5.91 Å². The fourth-order valence-corrected chi connectivity index (χ4v) is 3.41. The number of halogens is 4. The molecule has 3 aromatic rings. The van der Waals surface area contributed by atoms with Crippen LogP contribution >= 0.6 is 0 Å². The van der Waals surface area contributed by atoms with E-state index in [0.717, 1.165) is 17.7 Å². The Kier molecular flexibility index (Phi) is 8.19. The van der Waals surface area contributed by atoms with E-state index in [1.165, 1.54) is 30.3 Å². The van der Waals surface area contributed by atoms with E-state index in [9.17, 15) is 27.5 Å². The fraction of sp³-hybridized carbons (Fsp3) is 0.240. The Labute approximate surface area is 189 Å². The van der Waals surface area contributed by atoms with Gasteiger partial charge in [0, 0.05) is 13.1 Å². The van der Waals surface area contributed by atoms with Crippen molar-refractivity contribution in [3.8, 4) is 0 Å². The smallest absolute Gasteiger partial charge is 0.390 e. The van der Waals surface area contributed by atoms with Crippen LogP contribution < -0.4 is 10.6 Å². The summed E-state index contributed by atoms with van der Waals surface area (Å²) >= 11 is 0. The summed E-state index contributed by atoms with van der Waals surface area (Å²) in [5.41, 5.74) is 0.376. The second-order valence-electron chi connectivity index (χ2n) is 7.65. The van der Waals surface area contributed by atoms with Crippen molar-refractivity contribution in [2.45, 2.75) is 31.3 Å². The van der Waals surface area contributed by atoms with Crippen LogP contribution in [-0.4, -0.2) is 29.7 Å². The number of carbonyl (C=O) groups is 1.